The number of primary sulfonamides is 1. The van der Waals surface area contributed by atoms with Gasteiger partial charge in [-0.3, -0.25) is 0 Å². The highest BCUT2D eigenvalue weighted by atomic mass is 35.5. The number of para-hydroxylation sites is 1. The first-order chi connectivity index (χ1) is 11.9. The van der Waals surface area contributed by atoms with Gasteiger partial charge >= 0.3 is 0 Å². The summed E-state index contributed by atoms with van der Waals surface area (Å²) in [6.45, 7) is 1.37. The highest BCUT2D eigenvalue weighted by molar-refractivity contribution is 7.89. The monoisotopic (exact) mass is 373 g/mol. The SMILES string of the molecule is NS(=O)(=O)c1ccc2c(c1)N(Cc1cc3ccccc3nc1Cl)CC2. The van der Waals surface area contributed by atoms with Crippen molar-refractivity contribution in [3.05, 3.63) is 64.8 Å². The maximum absolute atomic E-state index is 11.6. The molecule has 1 aliphatic rings. The molecule has 25 heavy (non-hydrogen) atoms. The number of benzene rings is 2. The second-order valence-electron chi connectivity index (χ2n) is 6.14. The Bertz CT molecular complexity index is 1080. The van der Waals surface area contributed by atoms with Gasteiger partial charge < -0.3 is 4.90 Å². The van der Waals surface area contributed by atoms with E-state index in [1.54, 1.807) is 12.1 Å². The third-order valence-electron chi connectivity index (χ3n) is 4.49. The van der Waals surface area contributed by atoms with Crippen LogP contribution in [0.25, 0.3) is 10.9 Å². The fourth-order valence-electron chi connectivity index (χ4n) is 3.22. The van der Waals surface area contributed by atoms with Crippen LogP contribution in [0.15, 0.2) is 53.4 Å². The second kappa shape index (κ2) is 5.98. The van der Waals surface area contributed by atoms with Crippen LogP contribution in [0.4, 0.5) is 5.69 Å². The average Bonchev–Trinajstić information content (AvgIpc) is 2.97. The molecule has 4 rings (SSSR count). The summed E-state index contributed by atoms with van der Waals surface area (Å²) in [5.74, 6) is 0. The molecule has 128 valence electrons. The molecule has 0 aliphatic carbocycles. The van der Waals surface area contributed by atoms with Gasteiger partial charge in [-0.25, -0.2) is 18.5 Å². The van der Waals surface area contributed by atoms with Crippen LogP contribution in [0, 0.1) is 0 Å². The van der Waals surface area contributed by atoms with Crippen molar-refractivity contribution >= 4 is 38.2 Å². The third-order valence-corrected chi connectivity index (χ3v) is 5.73. The maximum atomic E-state index is 11.6. The first-order valence-corrected chi connectivity index (χ1v) is 9.79. The molecule has 7 heteroatoms. The highest BCUT2D eigenvalue weighted by Crippen LogP contribution is 2.32. The number of halogens is 1. The van der Waals surface area contributed by atoms with E-state index in [2.05, 4.69) is 9.88 Å². The molecule has 2 heterocycles. The van der Waals surface area contributed by atoms with Crippen LogP contribution in [0.2, 0.25) is 5.15 Å². The van der Waals surface area contributed by atoms with Crippen molar-refractivity contribution in [3.8, 4) is 0 Å². The number of anilines is 1. The molecule has 0 fully saturated rings. The molecule has 0 atom stereocenters. The lowest BCUT2D eigenvalue weighted by Crippen LogP contribution is -2.20. The molecule has 1 aromatic heterocycles. The number of aromatic nitrogens is 1. The highest BCUT2D eigenvalue weighted by Gasteiger charge is 2.22. The molecule has 2 N–H and O–H groups in total. The van der Waals surface area contributed by atoms with E-state index in [1.165, 1.54) is 0 Å². The van der Waals surface area contributed by atoms with E-state index in [4.69, 9.17) is 16.7 Å². The summed E-state index contributed by atoms with van der Waals surface area (Å²) >= 11 is 6.36. The number of nitrogens with zero attached hydrogens (tertiary/aromatic N) is 2. The van der Waals surface area contributed by atoms with E-state index in [1.807, 2.05) is 36.4 Å². The fourth-order valence-corrected chi connectivity index (χ4v) is 3.96. The van der Waals surface area contributed by atoms with Gasteiger partial charge in [-0.05, 0) is 36.2 Å². The quantitative estimate of drug-likeness (QED) is 0.716. The minimum Gasteiger partial charge on any atom is -0.366 e. The van der Waals surface area contributed by atoms with Gasteiger partial charge in [-0.15, -0.1) is 0 Å². The molecule has 0 saturated heterocycles. The minimum absolute atomic E-state index is 0.126. The Labute approximate surface area is 151 Å². The van der Waals surface area contributed by atoms with Crippen molar-refractivity contribution in [1.82, 2.24) is 4.98 Å². The standard InChI is InChI=1S/C18H16ClN3O2S/c19-18-14(9-13-3-1-2-4-16(13)21-18)11-22-8-7-12-5-6-15(10-17(12)22)25(20,23)24/h1-6,9-10H,7-8,11H2,(H2,20,23,24). The van der Waals surface area contributed by atoms with Crippen molar-refractivity contribution in [1.29, 1.82) is 0 Å². The van der Waals surface area contributed by atoms with Crippen molar-refractivity contribution in [2.75, 3.05) is 11.4 Å². The van der Waals surface area contributed by atoms with E-state index in [0.29, 0.717) is 11.7 Å². The largest absolute Gasteiger partial charge is 0.366 e. The number of hydrogen-bond acceptors (Lipinski definition) is 4. The smallest absolute Gasteiger partial charge is 0.238 e. The summed E-state index contributed by atoms with van der Waals surface area (Å²) in [5.41, 5.74) is 3.76. The molecule has 2 aromatic carbocycles. The van der Waals surface area contributed by atoms with Gasteiger partial charge in [0.15, 0.2) is 0 Å². The van der Waals surface area contributed by atoms with Crippen LogP contribution >= 0.6 is 11.6 Å². The van der Waals surface area contributed by atoms with Crippen LogP contribution < -0.4 is 10.0 Å². The Balaban J connectivity index is 1.71. The van der Waals surface area contributed by atoms with Crippen molar-refractivity contribution in [2.45, 2.75) is 17.9 Å². The zero-order valence-corrected chi connectivity index (χ0v) is 14.9. The van der Waals surface area contributed by atoms with Gasteiger partial charge in [0.25, 0.3) is 0 Å². The maximum Gasteiger partial charge on any atom is 0.238 e. The van der Waals surface area contributed by atoms with E-state index in [0.717, 1.165) is 40.7 Å². The fraction of sp³-hybridized carbons (Fsp3) is 0.167. The Morgan fingerprint density at radius 2 is 1.96 bits per heavy atom. The molecule has 0 unspecified atom stereocenters. The van der Waals surface area contributed by atoms with E-state index in [9.17, 15) is 8.42 Å². The molecule has 0 amide bonds. The summed E-state index contributed by atoms with van der Waals surface area (Å²) in [6.07, 6.45) is 0.860. The summed E-state index contributed by atoms with van der Waals surface area (Å²) in [4.78, 5) is 6.69. The number of rotatable bonds is 3. The summed E-state index contributed by atoms with van der Waals surface area (Å²) < 4.78 is 23.3. The Morgan fingerprint density at radius 1 is 1.16 bits per heavy atom. The molecule has 3 aromatic rings. The van der Waals surface area contributed by atoms with Gasteiger partial charge in [0.05, 0.1) is 10.4 Å². The number of fused-ring (bicyclic) bond motifs is 2. The Morgan fingerprint density at radius 3 is 2.76 bits per heavy atom. The van der Waals surface area contributed by atoms with Crippen molar-refractivity contribution < 1.29 is 8.42 Å². The van der Waals surface area contributed by atoms with Gasteiger partial charge in [-0.1, -0.05) is 35.9 Å². The average molecular weight is 374 g/mol. The first-order valence-electron chi connectivity index (χ1n) is 7.87. The molecule has 1 aliphatic heterocycles. The lowest BCUT2D eigenvalue weighted by atomic mass is 10.1. The number of nitrogens with two attached hydrogens (primary N) is 1. The zero-order chi connectivity index (χ0) is 17.6. The normalized spacial score (nSPS) is 14.1. The molecule has 0 radical (unpaired) electrons. The van der Waals surface area contributed by atoms with Gasteiger partial charge in [0, 0.05) is 29.7 Å². The summed E-state index contributed by atoms with van der Waals surface area (Å²) in [6, 6.07) is 14.9. The molecule has 0 spiro atoms. The zero-order valence-electron chi connectivity index (χ0n) is 13.3. The van der Waals surface area contributed by atoms with Crippen LogP contribution in [0.3, 0.4) is 0 Å². The Kier molecular flexibility index (Phi) is 3.91. The Hall–Kier alpha value is -2.15. The third kappa shape index (κ3) is 3.08. The number of sulfonamides is 1. The first kappa shape index (κ1) is 16.3. The minimum atomic E-state index is -3.72. The summed E-state index contributed by atoms with van der Waals surface area (Å²) in [7, 11) is -3.72. The van der Waals surface area contributed by atoms with E-state index in [-0.39, 0.29) is 4.90 Å². The number of pyridine rings is 1. The van der Waals surface area contributed by atoms with Crippen LogP contribution in [0.5, 0.6) is 0 Å². The van der Waals surface area contributed by atoms with Crippen LogP contribution in [0.1, 0.15) is 11.1 Å². The second-order valence-corrected chi connectivity index (χ2v) is 8.06. The van der Waals surface area contributed by atoms with Gasteiger partial charge in [0.2, 0.25) is 10.0 Å². The van der Waals surface area contributed by atoms with E-state index >= 15 is 0 Å². The van der Waals surface area contributed by atoms with Gasteiger partial charge in [0.1, 0.15) is 5.15 Å². The van der Waals surface area contributed by atoms with E-state index < -0.39 is 10.0 Å². The van der Waals surface area contributed by atoms with Crippen molar-refractivity contribution in [2.24, 2.45) is 5.14 Å². The van der Waals surface area contributed by atoms with Crippen LogP contribution in [-0.4, -0.2) is 19.9 Å². The summed E-state index contributed by atoms with van der Waals surface area (Å²) in [5, 5.41) is 6.75. The molecule has 0 saturated carbocycles. The molecular weight excluding hydrogens is 358 g/mol. The predicted octanol–water partition coefficient (Wildman–Crippen LogP) is 3.10. The molecule has 0 bridgehead atoms. The predicted molar refractivity (Wildman–Crippen MR) is 99.3 cm³/mol. The van der Waals surface area contributed by atoms with Crippen molar-refractivity contribution in [3.63, 3.8) is 0 Å². The molecular formula is C18H16ClN3O2S. The lowest BCUT2D eigenvalue weighted by Gasteiger charge is -2.20. The van der Waals surface area contributed by atoms with Gasteiger partial charge in [-0.2, -0.15) is 0 Å². The lowest BCUT2D eigenvalue weighted by molar-refractivity contribution is 0.598. The number of hydrogen-bond donors (Lipinski definition) is 1. The topological polar surface area (TPSA) is 76.3 Å². The molecule has 5 nitrogen and oxygen atoms in total. The van der Waals surface area contributed by atoms with Crippen LogP contribution in [-0.2, 0) is 23.0 Å².